The summed E-state index contributed by atoms with van der Waals surface area (Å²) in [5, 5.41) is 11.6. The molecule has 18 heavy (non-hydrogen) atoms. The molecule has 5 heteroatoms. The minimum atomic E-state index is -0.697. The molecule has 1 amide bonds. The summed E-state index contributed by atoms with van der Waals surface area (Å²) in [7, 11) is 0. The molecule has 1 aromatic carbocycles. The fraction of sp³-hybridized carbons (Fsp3) is 0.308. The van der Waals surface area contributed by atoms with E-state index in [4.69, 9.17) is 5.11 Å². The molecule has 0 atom stereocenters. The van der Waals surface area contributed by atoms with Gasteiger partial charge in [0.25, 0.3) is 0 Å². The topological polar surface area (TPSA) is 49.3 Å². The second-order valence-corrected chi connectivity index (χ2v) is 5.45. The first-order valence-corrected chi connectivity index (χ1v) is 6.19. The molecule has 3 nitrogen and oxygen atoms in total. The molecule has 0 aliphatic heterocycles. The van der Waals surface area contributed by atoms with Gasteiger partial charge in [0, 0.05) is 16.1 Å². The molecule has 0 unspecified atom stereocenters. The van der Waals surface area contributed by atoms with Crippen molar-refractivity contribution in [3.05, 3.63) is 40.1 Å². The molecule has 0 spiro atoms. The summed E-state index contributed by atoms with van der Waals surface area (Å²) in [5.41, 5.74) is -0.377. The van der Waals surface area contributed by atoms with Crippen molar-refractivity contribution in [3.63, 3.8) is 0 Å². The number of hydrogen-bond acceptors (Lipinski definition) is 2. The molecule has 0 aliphatic carbocycles. The number of rotatable bonds is 4. The summed E-state index contributed by atoms with van der Waals surface area (Å²) in [6.45, 7) is 3.22. The highest BCUT2D eigenvalue weighted by molar-refractivity contribution is 9.10. The average molecular weight is 316 g/mol. The molecule has 2 N–H and O–H groups in total. The van der Waals surface area contributed by atoms with Gasteiger partial charge >= 0.3 is 0 Å². The lowest BCUT2D eigenvalue weighted by Crippen LogP contribution is -2.45. The van der Waals surface area contributed by atoms with Crippen LogP contribution in [0.5, 0.6) is 0 Å². The summed E-state index contributed by atoms with van der Waals surface area (Å²) in [6, 6.07) is 4.48. The molecule has 0 aromatic heterocycles. The van der Waals surface area contributed by atoms with E-state index in [0.717, 1.165) is 4.47 Å². The molecular weight excluding hydrogens is 301 g/mol. The lowest BCUT2D eigenvalue weighted by Gasteiger charge is -2.22. The molecule has 0 saturated heterocycles. The van der Waals surface area contributed by atoms with Gasteiger partial charge in [-0.05, 0) is 38.1 Å². The van der Waals surface area contributed by atoms with Crippen molar-refractivity contribution in [2.75, 3.05) is 6.61 Å². The van der Waals surface area contributed by atoms with E-state index in [9.17, 15) is 9.18 Å². The molecule has 0 bridgehead atoms. The van der Waals surface area contributed by atoms with Crippen molar-refractivity contribution in [1.82, 2.24) is 5.32 Å². The Morgan fingerprint density at radius 2 is 2.22 bits per heavy atom. The number of aliphatic hydroxyl groups excluding tert-OH is 1. The van der Waals surface area contributed by atoms with Crippen LogP contribution in [0.25, 0.3) is 6.08 Å². The van der Waals surface area contributed by atoms with Crippen molar-refractivity contribution < 1.29 is 14.3 Å². The number of nitrogens with one attached hydrogen (secondary N) is 1. The average Bonchev–Trinajstić information content (AvgIpc) is 2.30. The molecule has 0 saturated carbocycles. The smallest absolute Gasteiger partial charge is 0.244 e. The largest absolute Gasteiger partial charge is 0.394 e. The van der Waals surface area contributed by atoms with Crippen LogP contribution in [0.1, 0.15) is 19.4 Å². The number of hydrogen-bond donors (Lipinski definition) is 2. The second-order valence-electron chi connectivity index (χ2n) is 4.53. The van der Waals surface area contributed by atoms with Gasteiger partial charge in [0.2, 0.25) is 5.91 Å². The zero-order valence-corrected chi connectivity index (χ0v) is 11.8. The van der Waals surface area contributed by atoms with Crippen molar-refractivity contribution in [2.24, 2.45) is 0 Å². The lowest BCUT2D eigenvalue weighted by atomic mass is 10.1. The van der Waals surface area contributed by atoms with Crippen LogP contribution in [-0.2, 0) is 4.79 Å². The van der Waals surface area contributed by atoms with Crippen molar-refractivity contribution in [3.8, 4) is 0 Å². The predicted molar refractivity (Wildman–Crippen MR) is 72.4 cm³/mol. The highest BCUT2D eigenvalue weighted by Crippen LogP contribution is 2.16. The molecule has 0 radical (unpaired) electrons. The Hall–Kier alpha value is -1.20. The maximum Gasteiger partial charge on any atom is 0.244 e. The molecule has 1 aromatic rings. The highest BCUT2D eigenvalue weighted by atomic mass is 79.9. The highest BCUT2D eigenvalue weighted by Gasteiger charge is 2.17. The molecule has 0 aliphatic rings. The van der Waals surface area contributed by atoms with E-state index >= 15 is 0 Å². The molecule has 98 valence electrons. The van der Waals surface area contributed by atoms with E-state index < -0.39 is 11.4 Å². The van der Waals surface area contributed by atoms with Crippen LogP contribution in [0, 0.1) is 5.82 Å². The molecular formula is C13H15BrFNO2. The fourth-order valence-corrected chi connectivity index (χ4v) is 1.60. The monoisotopic (exact) mass is 315 g/mol. The number of aliphatic hydroxyl groups is 1. The van der Waals surface area contributed by atoms with Crippen LogP contribution < -0.4 is 5.32 Å². The van der Waals surface area contributed by atoms with E-state index in [2.05, 4.69) is 21.2 Å². The number of carbonyl (C=O) groups excluding carboxylic acids is 1. The Kier molecular flexibility index (Phi) is 5.04. The summed E-state index contributed by atoms with van der Waals surface area (Å²) < 4.78 is 14.1. The number of benzene rings is 1. The van der Waals surface area contributed by atoms with Gasteiger partial charge in [0.15, 0.2) is 0 Å². The third kappa shape index (κ3) is 4.58. The van der Waals surface area contributed by atoms with Crippen molar-refractivity contribution in [2.45, 2.75) is 19.4 Å². The predicted octanol–water partition coefficient (Wildman–Crippen LogP) is 2.49. The zero-order valence-electron chi connectivity index (χ0n) is 10.2. The Balaban J connectivity index is 2.75. The zero-order chi connectivity index (χ0) is 13.8. The SMILES string of the molecule is CC(C)(CO)NC(=O)/C=C/c1cc(Br)ccc1F. The Labute approximate surface area is 114 Å². The normalized spacial score (nSPS) is 11.8. The van der Waals surface area contributed by atoms with E-state index in [1.165, 1.54) is 18.2 Å². The molecule has 1 rings (SSSR count). The Morgan fingerprint density at radius 1 is 1.56 bits per heavy atom. The van der Waals surface area contributed by atoms with Gasteiger partial charge in [0.1, 0.15) is 5.82 Å². The van der Waals surface area contributed by atoms with Crippen LogP contribution in [0.4, 0.5) is 4.39 Å². The van der Waals surface area contributed by atoms with Gasteiger partial charge in [-0.25, -0.2) is 4.39 Å². The number of halogens is 2. The van der Waals surface area contributed by atoms with E-state index in [-0.39, 0.29) is 12.5 Å². The molecule has 0 heterocycles. The van der Waals surface area contributed by atoms with Crippen molar-refractivity contribution in [1.29, 1.82) is 0 Å². The number of carbonyl (C=O) groups is 1. The minimum absolute atomic E-state index is 0.169. The summed E-state index contributed by atoms with van der Waals surface area (Å²) in [5.74, 6) is -0.780. The van der Waals surface area contributed by atoms with Gasteiger partial charge in [-0.3, -0.25) is 4.79 Å². The first kappa shape index (κ1) is 14.9. The standard InChI is InChI=1S/C13H15BrFNO2/c1-13(2,8-17)16-12(18)6-3-9-7-10(14)4-5-11(9)15/h3-7,17H,8H2,1-2H3,(H,16,18)/b6-3+. The van der Waals surface area contributed by atoms with Crippen LogP contribution in [0.3, 0.4) is 0 Å². The fourth-order valence-electron chi connectivity index (χ4n) is 1.22. The Bertz CT molecular complexity index is 472. The van der Waals surface area contributed by atoms with Gasteiger partial charge in [-0.15, -0.1) is 0 Å². The van der Waals surface area contributed by atoms with E-state index in [0.29, 0.717) is 5.56 Å². The van der Waals surface area contributed by atoms with Crippen LogP contribution >= 0.6 is 15.9 Å². The first-order chi connectivity index (χ1) is 8.34. The summed E-state index contributed by atoms with van der Waals surface area (Å²) in [6.07, 6.45) is 2.63. The van der Waals surface area contributed by atoms with Gasteiger partial charge in [-0.1, -0.05) is 15.9 Å². The van der Waals surface area contributed by atoms with Crippen LogP contribution in [0.2, 0.25) is 0 Å². The quantitative estimate of drug-likeness (QED) is 0.839. The van der Waals surface area contributed by atoms with Crippen LogP contribution in [-0.4, -0.2) is 23.2 Å². The van der Waals surface area contributed by atoms with E-state index in [1.807, 2.05) is 0 Å². The molecule has 0 fully saturated rings. The van der Waals surface area contributed by atoms with Gasteiger partial charge in [0.05, 0.1) is 12.1 Å². The number of amides is 1. The maximum absolute atomic E-state index is 13.4. The van der Waals surface area contributed by atoms with E-state index in [1.54, 1.807) is 26.0 Å². The summed E-state index contributed by atoms with van der Waals surface area (Å²) >= 11 is 3.23. The van der Waals surface area contributed by atoms with Crippen molar-refractivity contribution >= 4 is 27.9 Å². The van der Waals surface area contributed by atoms with Gasteiger partial charge in [-0.2, -0.15) is 0 Å². The summed E-state index contributed by atoms with van der Waals surface area (Å²) in [4.78, 5) is 11.5. The minimum Gasteiger partial charge on any atom is -0.394 e. The second kappa shape index (κ2) is 6.11. The lowest BCUT2D eigenvalue weighted by molar-refractivity contribution is -0.118. The Morgan fingerprint density at radius 3 is 2.83 bits per heavy atom. The third-order valence-corrected chi connectivity index (χ3v) is 2.72. The first-order valence-electron chi connectivity index (χ1n) is 5.40. The third-order valence-electron chi connectivity index (χ3n) is 2.23. The van der Waals surface area contributed by atoms with Gasteiger partial charge < -0.3 is 10.4 Å². The van der Waals surface area contributed by atoms with Crippen LogP contribution in [0.15, 0.2) is 28.7 Å². The maximum atomic E-state index is 13.4.